The van der Waals surface area contributed by atoms with Crippen LogP contribution in [0, 0.1) is 13.8 Å². The molecular weight excluding hydrogens is 819 g/mol. The molecule has 0 fully saturated rings. The van der Waals surface area contributed by atoms with E-state index in [1.54, 1.807) is 6.07 Å². The Balaban J connectivity index is 1.50. The predicted molar refractivity (Wildman–Crippen MR) is 237 cm³/mol. The Bertz CT molecular complexity index is 1540. The Morgan fingerprint density at radius 3 is 1.62 bits per heavy atom. The zero-order valence-corrected chi connectivity index (χ0v) is 37.0. The van der Waals surface area contributed by atoms with Crippen molar-refractivity contribution >= 4 is 23.4 Å². The summed E-state index contributed by atoms with van der Waals surface area (Å²) in [6.45, 7) is 13.9. The zero-order valence-electron chi connectivity index (χ0n) is 37.0. The monoisotopic (exact) mass is 889 g/mol. The van der Waals surface area contributed by atoms with Gasteiger partial charge in [-0.2, -0.15) is 0 Å². The second-order valence-corrected chi connectivity index (χ2v) is 14.0. The first-order valence-electron chi connectivity index (χ1n) is 21.6. The van der Waals surface area contributed by atoms with Crippen LogP contribution in [0.1, 0.15) is 42.4 Å². The maximum Gasteiger partial charge on any atom is 0.246 e. The maximum atomic E-state index is 13.7. The second kappa shape index (κ2) is 38.2. The van der Waals surface area contributed by atoms with Crippen LogP contribution in [-0.2, 0) is 63.4 Å². The standard InChI is InChI=1S/C44H70N7O12/c1-36-11-12-39(37(2)34-36)49-43(53)40(10-6-7-14-45)50-44(54)41(35-38-8-4-3-5-9-38)48-42(52)13-16-55-18-20-57-22-24-59-26-28-61-30-32-63-33-31-62-29-27-60-25-23-58-21-19-56-17-15-47-51-46/h3-5,8-9,11-12,34,40-41H,1,6-7,10,13-33,35,45H2,2H3,(H,48,52)(H,49,53)(H,50,54)/t40-,41-/m0/s1. The van der Waals surface area contributed by atoms with E-state index < -0.39 is 18.0 Å². The van der Waals surface area contributed by atoms with Crippen molar-refractivity contribution in [2.45, 2.75) is 51.1 Å². The number of ether oxygens (including phenoxy) is 9. The lowest BCUT2D eigenvalue weighted by atomic mass is 10.0. The van der Waals surface area contributed by atoms with Gasteiger partial charge in [-0.05, 0) is 67.9 Å². The minimum atomic E-state index is -0.915. The molecule has 2 aromatic rings. The van der Waals surface area contributed by atoms with Crippen molar-refractivity contribution in [1.29, 1.82) is 0 Å². The molecule has 19 heteroatoms. The van der Waals surface area contributed by atoms with E-state index in [9.17, 15) is 14.4 Å². The molecule has 0 aromatic heterocycles. The smallest absolute Gasteiger partial charge is 0.246 e. The minimum absolute atomic E-state index is 0.0396. The van der Waals surface area contributed by atoms with Crippen LogP contribution in [0.4, 0.5) is 5.69 Å². The molecule has 0 bridgehead atoms. The largest absolute Gasteiger partial charge is 0.379 e. The maximum absolute atomic E-state index is 13.7. The lowest BCUT2D eigenvalue weighted by Crippen LogP contribution is -2.53. The average molecular weight is 889 g/mol. The van der Waals surface area contributed by atoms with E-state index in [1.807, 2.05) is 49.4 Å². The van der Waals surface area contributed by atoms with Crippen LogP contribution in [0.5, 0.6) is 0 Å². The Morgan fingerprint density at radius 2 is 1.14 bits per heavy atom. The molecule has 0 saturated heterocycles. The predicted octanol–water partition coefficient (Wildman–Crippen LogP) is 3.31. The second-order valence-electron chi connectivity index (χ2n) is 14.0. The van der Waals surface area contributed by atoms with Gasteiger partial charge >= 0.3 is 0 Å². The molecule has 0 aliphatic heterocycles. The summed E-state index contributed by atoms with van der Waals surface area (Å²) >= 11 is 0. The van der Waals surface area contributed by atoms with Gasteiger partial charge in [0.1, 0.15) is 12.1 Å². The molecular formula is C44H70N7O12. The highest BCUT2D eigenvalue weighted by molar-refractivity contribution is 5.99. The summed E-state index contributed by atoms with van der Waals surface area (Å²) in [4.78, 5) is 42.7. The van der Waals surface area contributed by atoms with Gasteiger partial charge in [0, 0.05) is 30.0 Å². The van der Waals surface area contributed by atoms with Crippen LogP contribution in [0.25, 0.3) is 10.4 Å². The highest BCUT2D eigenvalue weighted by Gasteiger charge is 2.27. The molecule has 0 heterocycles. The lowest BCUT2D eigenvalue weighted by Gasteiger charge is -2.24. The molecule has 5 N–H and O–H groups in total. The number of amides is 3. The van der Waals surface area contributed by atoms with Gasteiger partial charge in [-0.25, -0.2) is 0 Å². The number of rotatable bonds is 41. The number of nitrogens with one attached hydrogen (secondary N) is 3. The fourth-order valence-electron chi connectivity index (χ4n) is 5.62. The van der Waals surface area contributed by atoms with Crippen molar-refractivity contribution in [3.63, 3.8) is 0 Å². The number of aryl methyl sites for hydroxylation is 1. The van der Waals surface area contributed by atoms with Crippen molar-refractivity contribution in [3.05, 3.63) is 82.6 Å². The first-order valence-corrected chi connectivity index (χ1v) is 21.6. The molecule has 0 spiro atoms. The Hall–Kier alpha value is -4.24. The molecule has 0 aliphatic rings. The quantitative estimate of drug-likeness (QED) is 0.0325. The summed E-state index contributed by atoms with van der Waals surface area (Å²) in [6.07, 6.45) is 2.01. The first-order chi connectivity index (χ1) is 30.8. The van der Waals surface area contributed by atoms with E-state index in [2.05, 4.69) is 32.9 Å². The van der Waals surface area contributed by atoms with Crippen LogP contribution in [0.2, 0.25) is 0 Å². The number of hydrogen-bond acceptors (Lipinski definition) is 14. The number of nitrogens with two attached hydrogens (primary N) is 1. The number of hydrogen-bond donors (Lipinski definition) is 4. The Morgan fingerprint density at radius 1 is 0.651 bits per heavy atom. The number of carbonyl (C=O) groups excluding carboxylic acids is 3. The molecule has 0 unspecified atom stereocenters. The summed E-state index contributed by atoms with van der Waals surface area (Å²) in [5.74, 6) is -1.16. The highest BCUT2D eigenvalue weighted by atomic mass is 16.6. The molecule has 3 amide bonds. The molecule has 19 nitrogen and oxygen atoms in total. The topological polar surface area (TPSA) is 245 Å². The van der Waals surface area contributed by atoms with Crippen LogP contribution in [-0.4, -0.2) is 162 Å². The van der Waals surface area contributed by atoms with Gasteiger partial charge < -0.3 is 64.3 Å². The van der Waals surface area contributed by atoms with E-state index in [0.717, 1.165) is 16.7 Å². The Kier molecular flexibility index (Phi) is 33.3. The van der Waals surface area contributed by atoms with Gasteiger partial charge in [0.05, 0.1) is 119 Å². The molecule has 2 rings (SSSR count). The van der Waals surface area contributed by atoms with Crippen molar-refractivity contribution in [2.24, 2.45) is 10.8 Å². The molecule has 0 aliphatic carbocycles. The number of unbranched alkanes of at least 4 members (excludes halogenated alkanes) is 1. The number of benzene rings is 2. The van der Waals surface area contributed by atoms with E-state index in [-0.39, 0.29) is 37.9 Å². The van der Waals surface area contributed by atoms with Gasteiger partial charge in [0.15, 0.2) is 0 Å². The fraction of sp³-hybridized carbons (Fsp3) is 0.636. The summed E-state index contributed by atoms with van der Waals surface area (Å²) in [7, 11) is 0. The summed E-state index contributed by atoms with van der Waals surface area (Å²) < 4.78 is 49.2. The third-order valence-corrected chi connectivity index (χ3v) is 8.91. The van der Waals surface area contributed by atoms with Gasteiger partial charge in [-0.15, -0.1) is 0 Å². The van der Waals surface area contributed by atoms with Crippen LogP contribution >= 0.6 is 0 Å². The van der Waals surface area contributed by atoms with Crippen molar-refractivity contribution < 1.29 is 57.0 Å². The van der Waals surface area contributed by atoms with Crippen molar-refractivity contribution in [1.82, 2.24) is 10.6 Å². The first kappa shape index (κ1) is 54.9. The third kappa shape index (κ3) is 29.7. The van der Waals surface area contributed by atoms with Crippen LogP contribution < -0.4 is 21.7 Å². The van der Waals surface area contributed by atoms with E-state index in [4.69, 9.17) is 53.9 Å². The minimum Gasteiger partial charge on any atom is -0.379 e. The number of nitrogens with zero attached hydrogens (tertiary/aromatic N) is 3. The molecule has 63 heavy (non-hydrogen) atoms. The Labute approximate surface area is 372 Å². The SMILES string of the molecule is [CH2]c1ccc(NC(=O)[C@H](CCCCN)NC(=O)[C@H](Cc2ccccc2)NC(=O)CCOCCOCCOCCOCCOCCOCCOCCOCCOCCN=[N+]=[N-])c(C)c1. The van der Waals surface area contributed by atoms with Crippen LogP contribution in [0.3, 0.4) is 0 Å². The van der Waals surface area contributed by atoms with Crippen molar-refractivity contribution in [2.75, 3.05) is 137 Å². The van der Waals surface area contributed by atoms with Crippen LogP contribution in [0.15, 0.2) is 53.6 Å². The van der Waals surface area contributed by atoms with Gasteiger partial charge in [-0.1, -0.05) is 47.6 Å². The highest BCUT2D eigenvalue weighted by Crippen LogP contribution is 2.17. The van der Waals surface area contributed by atoms with Gasteiger partial charge in [0.2, 0.25) is 17.7 Å². The zero-order chi connectivity index (χ0) is 45.4. The van der Waals surface area contributed by atoms with E-state index >= 15 is 0 Å². The number of carbonyl (C=O) groups is 3. The average Bonchev–Trinajstić information content (AvgIpc) is 3.27. The summed E-state index contributed by atoms with van der Waals surface area (Å²) in [5.41, 5.74) is 17.1. The summed E-state index contributed by atoms with van der Waals surface area (Å²) in [6, 6.07) is 13.1. The molecule has 2 aromatic carbocycles. The third-order valence-electron chi connectivity index (χ3n) is 8.91. The molecule has 0 saturated carbocycles. The van der Waals surface area contributed by atoms with Crippen molar-refractivity contribution in [3.8, 4) is 0 Å². The van der Waals surface area contributed by atoms with Gasteiger partial charge in [-0.3, -0.25) is 14.4 Å². The molecule has 353 valence electrons. The van der Waals surface area contributed by atoms with E-state index in [1.165, 1.54) is 0 Å². The number of anilines is 1. The lowest BCUT2D eigenvalue weighted by molar-refractivity contribution is -0.131. The molecule has 2 atom stereocenters. The molecule has 1 radical (unpaired) electrons. The number of azide groups is 1. The fourth-order valence-corrected chi connectivity index (χ4v) is 5.62. The normalized spacial score (nSPS) is 12.0. The summed E-state index contributed by atoms with van der Waals surface area (Å²) in [5, 5.41) is 12.0. The van der Waals surface area contributed by atoms with E-state index in [0.29, 0.717) is 144 Å². The van der Waals surface area contributed by atoms with Gasteiger partial charge in [0.25, 0.3) is 0 Å².